The highest BCUT2D eigenvalue weighted by atomic mass is 35.5. The van der Waals surface area contributed by atoms with E-state index < -0.39 is 6.10 Å². The van der Waals surface area contributed by atoms with Crippen LogP contribution in [0.15, 0.2) is 36.7 Å². The molecule has 1 aliphatic carbocycles. The number of aliphatic hydroxyl groups excluding tert-OH is 1. The van der Waals surface area contributed by atoms with Gasteiger partial charge in [0.15, 0.2) is 6.10 Å². The Bertz CT molecular complexity index is 664. The molecule has 1 fully saturated rings. The summed E-state index contributed by atoms with van der Waals surface area (Å²) in [6.45, 7) is 0.414. The summed E-state index contributed by atoms with van der Waals surface area (Å²) >= 11 is 5.84. The van der Waals surface area contributed by atoms with Crippen molar-refractivity contribution in [3.63, 3.8) is 0 Å². The lowest BCUT2D eigenvalue weighted by Crippen LogP contribution is -2.37. The lowest BCUT2D eigenvalue weighted by molar-refractivity contribution is -0.142. The molecule has 1 saturated carbocycles. The second kappa shape index (κ2) is 6.10. The minimum atomic E-state index is -1.17. The molecule has 0 aliphatic heterocycles. The fourth-order valence-electron chi connectivity index (χ4n) is 2.42. The van der Waals surface area contributed by atoms with Gasteiger partial charge in [-0.15, -0.1) is 0 Å². The van der Waals surface area contributed by atoms with Crippen LogP contribution in [-0.4, -0.2) is 31.5 Å². The van der Waals surface area contributed by atoms with E-state index in [1.54, 1.807) is 35.4 Å². The molecule has 1 amide bonds. The average Bonchev–Trinajstić information content (AvgIpc) is 3.27. The molecule has 0 spiro atoms. The van der Waals surface area contributed by atoms with Gasteiger partial charge in [0, 0.05) is 30.5 Å². The second-order valence-electron chi connectivity index (χ2n) is 5.61. The van der Waals surface area contributed by atoms with Crippen LogP contribution in [0.5, 0.6) is 0 Å². The topological polar surface area (TPSA) is 58.4 Å². The van der Waals surface area contributed by atoms with Crippen molar-refractivity contribution in [3.8, 4) is 0 Å². The third kappa shape index (κ3) is 3.15. The van der Waals surface area contributed by atoms with E-state index in [4.69, 9.17) is 11.6 Å². The third-order valence-corrected chi connectivity index (χ3v) is 4.18. The summed E-state index contributed by atoms with van der Waals surface area (Å²) in [6, 6.07) is 6.90. The molecule has 1 aromatic heterocycles. The Morgan fingerprint density at radius 1 is 1.45 bits per heavy atom. The molecule has 1 N–H and O–H groups in total. The number of imidazole rings is 1. The molecule has 5 nitrogen and oxygen atoms in total. The normalized spacial score (nSPS) is 15.6. The van der Waals surface area contributed by atoms with E-state index in [-0.39, 0.29) is 11.9 Å². The number of benzene rings is 1. The lowest BCUT2D eigenvalue weighted by Gasteiger charge is -2.25. The maximum absolute atomic E-state index is 12.7. The van der Waals surface area contributed by atoms with Gasteiger partial charge >= 0.3 is 0 Å². The van der Waals surface area contributed by atoms with Gasteiger partial charge in [0.05, 0.1) is 6.54 Å². The van der Waals surface area contributed by atoms with Crippen LogP contribution < -0.4 is 0 Å². The van der Waals surface area contributed by atoms with Crippen molar-refractivity contribution >= 4 is 17.5 Å². The summed E-state index contributed by atoms with van der Waals surface area (Å²) in [4.78, 5) is 18.6. The van der Waals surface area contributed by atoms with Gasteiger partial charge < -0.3 is 14.6 Å². The number of aromatic nitrogens is 2. The Hall–Kier alpha value is -1.85. The monoisotopic (exact) mass is 319 g/mol. The quantitative estimate of drug-likeness (QED) is 0.920. The molecule has 2 aromatic rings. The molecule has 1 heterocycles. The smallest absolute Gasteiger partial charge is 0.256 e. The van der Waals surface area contributed by atoms with Gasteiger partial charge in [-0.05, 0) is 30.5 Å². The van der Waals surface area contributed by atoms with Crippen molar-refractivity contribution in [3.05, 3.63) is 53.1 Å². The zero-order chi connectivity index (χ0) is 15.7. The number of nitrogens with zero attached hydrogens (tertiary/aromatic N) is 3. The number of halogens is 1. The molecule has 1 aromatic carbocycles. The standard InChI is InChI=1S/C16H18ClN3O2/c1-19-9-8-18-14(19)10-20(13-6-7-13)16(22)15(21)11-2-4-12(17)5-3-11/h2-5,8-9,13,15,21H,6-7,10H2,1H3/t15-/m0/s1. The largest absolute Gasteiger partial charge is 0.378 e. The van der Waals surface area contributed by atoms with Crippen LogP contribution in [-0.2, 0) is 18.4 Å². The van der Waals surface area contributed by atoms with E-state index in [0.29, 0.717) is 17.1 Å². The molecule has 0 saturated heterocycles. The van der Waals surface area contributed by atoms with Crippen molar-refractivity contribution in [1.82, 2.24) is 14.5 Å². The third-order valence-electron chi connectivity index (χ3n) is 3.92. The van der Waals surface area contributed by atoms with Gasteiger partial charge in [0.2, 0.25) is 0 Å². The molecule has 0 unspecified atom stereocenters. The predicted molar refractivity (Wildman–Crippen MR) is 83.2 cm³/mol. The van der Waals surface area contributed by atoms with Crippen LogP contribution in [0.4, 0.5) is 0 Å². The summed E-state index contributed by atoms with van der Waals surface area (Å²) in [5.41, 5.74) is 0.555. The average molecular weight is 320 g/mol. The van der Waals surface area contributed by atoms with E-state index in [1.807, 2.05) is 17.8 Å². The van der Waals surface area contributed by atoms with Crippen molar-refractivity contribution in [2.45, 2.75) is 31.5 Å². The predicted octanol–water partition coefficient (Wildman–Crippen LogP) is 2.30. The van der Waals surface area contributed by atoms with Crippen molar-refractivity contribution in [1.29, 1.82) is 0 Å². The molecule has 3 rings (SSSR count). The molecule has 1 aliphatic rings. The molecule has 6 heteroatoms. The Balaban J connectivity index is 1.77. The first kappa shape index (κ1) is 15.1. The Labute approximate surface area is 134 Å². The summed E-state index contributed by atoms with van der Waals surface area (Å²) in [6.07, 6.45) is 4.34. The highest BCUT2D eigenvalue weighted by molar-refractivity contribution is 6.30. The first-order valence-electron chi connectivity index (χ1n) is 7.26. The zero-order valence-electron chi connectivity index (χ0n) is 12.3. The van der Waals surface area contributed by atoms with E-state index in [2.05, 4.69) is 4.98 Å². The number of aliphatic hydroxyl groups is 1. The fraction of sp³-hybridized carbons (Fsp3) is 0.375. The first-order chi connectivity index (χ1) is 10.6. The lowest BCUT2D eigenvalue weighted by atomic mass is 10.1. The van der Waals surface area contributed by atoms with E-state index in [1.165, 1.54) is 0 Å². The molecular formula is C16H18ClN3O2. The minimum Gasteiger partial charge on any atom is -0.378 e. The maximum atomic E-state index is 12.7. The molecule has 0 bridgehead atoms. The van der Waals surface area contributed by atoms with Gasteiger partial charge in [-0.2, -0.15) is 0 Å². The van der Waals surface area contributed by atoms with Gasteiger partial charge in [0.1, 0.15) is 5.82 Å². The van der Waals surface area contributed by atoms with E-state index in [9.17, 15) is 9.90 Å². The summed E-state index contributed by atoms with van der Waals surface area (Å²) in [5.74, 6) is 0.524. The van der Waals surface area contributed by atoms with Gasteiger partial charge in [-0.3, -0.25) is 4.79 Å². The SMILES string of the molecule is Cn1ccnc1CN(C(=O)[C@@H](O)c1ccc(Cl)cc1)C1CC1. The van der Waals surface area contributed by atoms with E-state index >= 15 is 0 Å². The highest BCUT2D eigenvalue weighted by Crippen LogP contribution is 2.31. The van der Waals surface area contributed by atoms with Crippen LogP contribution in [0.3, 0.4) is 0 Å². The maximum Gasteiger partial charge on any atom is 0.256 e. The second-order valence-corrected chi connectivity index (χ2v) is 6.04. The van der Waals surface area contributed by atoms with Crippen LogP contribution in [0.25, 0.3) is 0 Å². The van der Waals surface area contributed by atoms with Gasteiger partial charge in [-0.25, -0.2) is 4.98 Å². The van der Waals surface area contributed by atoms with Crippen LogP contribution in [0.1, 0.15) is 30.3 Å². The summed E-state index contributed by atoms with van der Waals surface area (Å²) in [7, 11) is 1.90. The number of aryl methyl sites for hydroxylation is 1. The van der Waals surface area contributed by atoms with Gasteiger partial charge in [0.25, 0.3) is 5.91 Å². The van der Waals surface area contributed by atoms with Gasteiger partial charge in [-0.1, -0.05) is 23.7 Å². The van der Waals surface area contributed by atoms with Crippen LogP contribution >= 0.6 is 11.6 Å². The Kier molecular flexibility index (Phi) is 4.18. The number of amides is 1. The minimum absolute atomic E-state index is 0.200. The van der Waals surface area contributed by atoms with Crippen LogP contribution in [0, 0.1) is 0 Å². The fourth-order valence-corrected chi connectivity index (χ4v) is 2.55. The molecule has 0 radical (unpaired) electrons. The number of hydrogen-bond acceptors (Lipinski definition) is 3. The Morgan fingerprint density at radius 3 is 2.68 bits per heavy atom. The highest BCUT2D eigenvalue weighted by Gasteiger charge is 2.36. The number of carbonyl (C=O) groups excluding carboxylic acids is 1. The number of carbonyl (C=O) groups is 1. The molecular weight excluding hydrogens is 302 g/mol. The molecule has 116 valence electrons. The molecule has 22 heavy (non-hydrogen) atoms. The molecule has 1 atom stereocenters. The Morgan fingerprint density at radius 2 is 2.14 bits per heavy atom. The van der Waals surface area contributed by atoms with E-state index in [0.717, 1.165) is 18.7 Å². The number of rotatable bonds is 5. The van der Waals surface area contributed by atoms with Crippen molar-refractivity contribution in [2.75, 3.05) is 0 Å². The zero-order valence-corrected chi connectivity index (χ0v) is 13.1. The van der Waals surface area contributed by atoms with Crippen molar-refractivity contribution in [2.24, 2.45) is 7.05 Å². The van der Waals surface area contributed by atoms with Crippen LogP contribution in [0.2, 0.25) is 5.02 Å². The number of hydrogen-bond donors (Lipinski definition) is 1. The van der Waals surface area contributed by atoms with Crippen molar-refractivity contribution < 1.29 is 9.90 Å². The summed E-state index contributed by atoms with van der Waals surface area (Å²) < 4.78 is 1.89. The summed E-state index contributed by atoms with van der Waals surface area (Å²) in [5, 5.41) is 10.9. The first-order valence-corrected chi connectivity index (χ1v) is 7.64.